The van der Waals surface area contributed by atoms with Crippen molar-refractivity contribution in [1.82, 2.24) is 9.97 Å². The lowest BCUT2D eigenvalue weighted by molar-refractivity contribution is 0.340. The normalized spacial score (nSPS) is 11.8. The van der Waals surface area contributed by atoms with Crippen LogP contribution < -0.4 is 10.2 Å². The van der Waals surface area contributed by atoms with E-state index in [0.29, 0.717) is 6.61 Å². The average Bonchev–Trinajstić information content (AvgIpc) is 2.89. The first-order valence-electron chi connectivity index (χ1n) is 7.84. The third-order valence-electron chi connectivity index (χ3n) is 3.88. The van der Waals surface area contributed by atoms with Gasteiger partial charge in [0.25, 0.3) is 0 Å². The van der Waals surface area contributed by atoms with Gasteiger partial charge in [0, 0.05) is 4.88 Å². The number of hydrogen-bond acceptors (Lipinski definition) is 6. The number of aromatic nitrogens is 2. The van der Waals surface area contributed by atoms with Gasteiger partial charge in [-0.3, -0.25) is 5.43 Å². The molecule has 1 N–H and O–H groups in total. The van der Waals surface area contributed by atoms with Crippen LogP contribution in [0.3, 0.4) is 0 Å². The van der Waals surface area contributed by atoms with E-state index in [1.807, 2.05) is 38.1 Å². The Morgan fingerprint density at radius 1 is 1.21 bits per heavy atom. The molecule has 6 heteroatoms. The van der Waals surface area contributed by atoms with E-state index < -0.39 is 0 Å². The van der Waals surface area contributed by atoms with Gasteiger partial charge in [0.05, 0.1) is 17.7 Å². The molecule has 124 valence electrons. The molecule has 0 atom stereocenters. The number of nitrogens with one attached hydrogen (secondary N) is 1. The average molecular weight is 340 g/mol. The second kappa shape index (κ2) is 6.97. The predicted molar refractivity (Wildman–Crippen MR) is 100 cm³/mol. The van der Waals surface area contributed by atoms with Crippen LogP contribution in [0.15, 0.2) is 35.7 Å². The number of hydrogen-bond donors (Lipinski definition) is 1. The van der Waals surface area contributed by atoms with E-state index in [1.165, 1.54) is 10.4 Å². The van der Waals surface area contributed by atoms with Crippen LogP contribution in [0.2, 0.25) is 0 Å². The first kappa shape index (κ1) is 16.4. The predicted octanol–water partition coefficient (Wildman–Crippen LogP) is 4.54. The highest BCUT2D eigenvalue weighted by Crippen LogP contribution is 2.32. The summed E-state index contributed by atoms with van der Waals surface area (Å²) in [7, 11) is 0. The second-order valence-electron chi connectivity index (χ2n) is 5.45. The lowest BCUT2D eigenvalue weighted by atomic mass is 10.1. The van der Waals surface area contributed by atoms with Gasteiger partial charge in [-0.15, -0.1) is 11.3 Å². The summed E-state index contributed by atoms with van der Waals surface area (Å²) in [5.74, 6) is 1.61. The zero-order valence-electron chi connectivity index (χ0n) is 14.3. The van der Waals surface area contributed by atoms with Crippen molar-refractivity contribution in [2.75, 3.05) is 12.0 Å². The lowest BCUT2D eigenvalue weighted by Gasteiger charge is -2.06. The molecule has 0 aliphatic rings. The molecule has 0 bridgehead atoms. The molecule has 0 saturated carbocycles. The van der Waals surface area contributed by atoms with Crippen molar-refractivity contribution < 1.29 is 4.74 Å². The molecule has 0 radical (unpaired) electrons. The van der Waals surface area contributed by atoms with E-state index in [2.05, 4.69) is 34.3 Å². The standard InChI is InChI=1S/C18H20N4OS/c1-5-23-15-8-6-14(7-9-15)12(3)21-22-17-16-11(2)13(4)24-18(16)20-10-19-17/h6-10H,5H2,1-4H3,(H,19,20,22)/b21-12-. The first-order chi connectivity index (χ1) is 11.6. The Labute approximate surface area is 145 Å². The smallest absolute Gasteiger partial charge is 0.158 e. The molecule has 0 unspecified atom stereocenters. The minimum absolute atomic E-state index is 0.664. The summed E-state index contributed by atoms with van der Waals surface area (Å²) in [6.07, 6.45) is 1.57. The molecular weight excluding hydrogens is 320 g/mol. The molecule has 0 spiro atoms. The van der Waals surface area contributed by atoms with Crippen molar-refractivity contribution in [2.24, 2.45) is 5.10 Å². The molecular formula is C18H20N4OS. The van der Waals surface area contributed by atoms with Crippen LogP contribution in [0.1, 0.15) is 29.9 Å². The molecule has 0 aliphatic heterocycles. The highest BCUT2D eigenvalue weighted by Gasteiger charge is 2.11. The fourth-order valence-corrected chi connectivity index (χ4v) is 3.42. The number of ether oxygens (including phenoxy) is 1. The van der Waals surface area contributed by atoms with E-state index in [1.54, 1.807) is 17.7 Å². The van der Waals surface area contributed by atoms with Crippen molar-refractivity contribution in [3.8, 4) is 5.75 Å². The largest absolute Gasteiger partial charge is 0.494 e. The van der Waals surface area contributed by atoms with Gasteiger partial charge in [-0.2, -0.15) is 5.10 Å². The highest BCUT2D eigenvalue weighted by atomic mass is 32.1. The number of rotatable bonds is 5. The Kier molecular flexibility index (Phi) is 4.76. The number of fused-ring (bicyclic) bond motifs is 1. The van der Waals surface area contributed by atoms with Crippen LogP contribution in [0.25, 0.3) is 10.2 Å². The van der Waals surface area contributed by atoms with Crippen LogP contribution in [0, 0.1) is 13.8 Å². The third-order valence-corrected chi connectivity index (χ3v) is 4.99. The summed E-state index contributed by atoms with van der Waals surface area (Å²) in [6, 6.07) is 7.91. The quantitative estimate of drug-likeness (QED) is 0.547. The Morgan fingerprint density at radius 2 is 1.96 bits per heavy atom. The van der Waals surface area contributed by atoms with Crippen molar-refractivity contribution in [1.29, 1.82) is 0 Å². The molecule has 2 heterocycles. The van der Waals surface area contributed by atoms with E-state index in [4.69, 9.17) is 4.74 Å². The van der Waals surface area contributed by atoms with Crippen molar-refractivity contribution in [3.05, 3.63) is 46.6 Å². The molecule has 0 fully saturated rings. The third kappa shape index (κ3) is 3.23. The van der Waals surface area contributed by atoms with Gasteiger partial charge < -0.3 is 4.74 Å². The van der Waals surface area contributed by atoms with E-state index in [0.717, 1.165) is 33.1 Å². The maximum atomic E-state index is 5.46. The van der Waals surface area contributed by atoms with Gasteiger partial charge in [-0.05, 0) is 63.1 Å². The fourth-order valence-electron chi connectivity index (χ4n) is 2.43. The number of hydrazone groups is 1. The minimum atomic E-state index is 0.664. The summed E-state index contributed by atoms with van der Waals surface area (Å²) in [6.45, 7) is 8.79. The van der Waals surface area contributed by atoms with Gasteiger partial charge in [0.15, 0.2) is 5.82 Å². The molecule has 1 aromatic carbocycles. The molecule has 3 aromatic rings. The van der Waals surface area contributed by atoms with Crippen LogP contribution in [-0.2, 0) is 0 Å². The number of anilines is 1. The molecule has 2 aromatic heterocycles. The summed E-state index contributed by atoms with van der Waals surface area (Å²) in [5, 5.41) is 5.53. The van der Waals surface area contributed by atoms with Crippen molar-refractivity contribution in [2.45, 2.75) is 27.7 Å². The van der Waals surface area contributed by atoms with E-state index >= 15 is 0 Å². The monoisotopic (exact) mass is 340 g/mol. The molecule has 3 rings (SSSR count). The molecule has 0 saturated heterocycles. The number of aryl methyl sites for hydroxylation is 2. The van der Waals surface area contributed by atoms with Crippen LogP contribution in [0.4, 0.5) is 5.82 Å². The SMILES string of the molecule is CCOc1ccc(/C(C)=N\Nc2ncnc3sc(C)c(C)c23)cc1. The van der Waals surface area contributed by atoms with Crippen LogP contribution >= 0.6 is 11.3 Å². The van der Waals surface area contributed by atoms with Crippen molar-refractivity contribution >= 4 is 33.1 Å². The molecule has 5 nitrogen and oxygen atoms in total. The number of thiophene rings is 1. The molecule has 0 amide bonds. The lowest BCUT2D eigenvalue weighted by Crippen LogP contribution is -2.02. The summed E-state index contributed by atoms with van der Waals surface area (Å²) in [5.41, 5.74) is 6.21. The number of nitrogens with zero attached hydrogens (tertiary/aromatic N) is 3. The Hall–Kier alpha value is -2.47. The van der Waals surface area contributed by atoms with Gasteiger partial charge in [0.1, 0.15) is 16.9 Å². The second-order valence-corrected chi connectivity index (χ2v) is 6.66. The molecule has 24 heavy (non-hydrogen) atoms. The van der Waals surface area contributed by atoms with Gasteiger partial charge >= 0.3 is 0 Å². The maximum absolute atomic E-state index is 5.46. The fraction of sp³-hybridized carbons (Fsp3) is 0.278. The molecule has 0 aliphatic carbocycles. The van der Waals surface area contributed by atoms with Gasteiger partial charge in [-0.1, -0.05) is 0 Å². The van der Waals surface area contributed by atoms with Gasteiger partial charge in [-0.25, -0.2) is 9.97 Å². The highest BCUT2D eigenvalue weighted by molar-refractivity contribution is 7.18. The first-order valence-corrected chi connectivity index (χ1v) is 8.66. The minimum Gasteiger partial charge on any atom is -0.494 e. The summed E-state index contributed by atoms with van der Waals surface area (Å²) >= 11 is 1.68. The zero-order chi connectivity index (χ0) is 17.1. The van der Waals surface area contributed by atoms with E-state index in [-0.39, 0.29) is 0 Å². The summed E-state index contributed by atoms with van der Waals surface area (Å²) < 4.78 is 5.46. The van der Waals surface area contributed by atoms with Gasteiger partial charge in [0.2, 0.25) is 0 Å². The summed E-state index contributed by atoms with van der Waals surface area (Å²) in [4.78, 5) is 10.9. The van der Waals surface area contributed by atoms with Crippen LogP contribution in [0.5, 0.6) is 5.75 Å². The topological polar surface area (TPSA) is 59.4 Å². The van der Waals surface area contributed by atoms with E-state index in [9.17, 15) is 0 Å². The number of benzene rings is 1. The Bertz CT molecular complexity index is 884. The van der Waals surface area contributed by atoms with Crippen molar-refractivity contribution in [3.63, 3.8) is 0 Å². The Balaban J connectivity index is 1.85. The maximum Gasteiger partial charge on any atom is 0.158 e. The van der Waals surface area contributed by atoms with Crippen LogP contribution in [-0.4, -0.2) is 22.3 Å². The Morgan fingerprint density at radius 3 is 2.67 bits per heavy atom. The zero-order valence-corrected chi connectivity index (χ0v) is 15.1.